The van der Waals surface area contributed by atoms with Gasteiger partial charge in [-0.1, -0.05) is 0 Å². The molecule has 7 heteroatoms. The minimum atomic E-state index is -1.91. The Balaban J connectivity index is 2.19. The number of hydrogen-bond donors (Lipinski definition) is 4. The fourth-order valence-corrected chi connectivity index (χ4v) is 2.61. The van der Waals surface area contributed by atoms with Gasteiger partial charge in [0.25, 0.3) is 0 Å². The number of nitrogens with one attached hydrogen (secondary N) is 2. The van der Waals surface area contributed by atoms with Gasteiger partial charge in [-0.3, -0.25) is 4.79 Å². The number of aliphatic hydroxyl groups is 1. The van der Waals surface area contributed by atoms with Gasteiger partial charge in [0.15, 0.2) is 5.60 Å². The first-order valence-corrected chi connectivity index (χ1v) is 7.01. The van der Waals surface area contributed by atoms with E-state index in [0.717, 1.165) is 32.9 Å². The summed E-state index contributed by atoms with van der Waals surface area (Å²) >= 11 is 1.58. The second-order valence-electron chi connectivity index (χ2n) is 4.62. The maximum atomic E-state index is 11.5. The minimum Gasteiger partial charge on any atom is -0.479 e. The molecule has 6 nitrogen and oxygen atoms in total. The second kappa shape index (κ2) is 6.96. The molecule has 0 spiro atoms. The Bertz CT molecular complexity index is 303. The molecule has 4 N–H and O–H groups in total. The minimum absolute atomic E-state index is 0.236. The zero-order valence-corrected chi connectivity index (χ0v) is 11.3. The molecule has 1 rings (SSSR count). The van der Waals surface area contributed by atoms with Crippen LogP contribution in [0.5, 0.6) is 0 Å². The molecule has 104 valence electrons. The summed E-state index contributed by atoms with van der Waals surface area (Å²) in [5, 5.41) is 24.3. The average molecular weight is 276 g/mol. The van der Waals surface area contributed by atoms with Crippen LogP contribution in [0.2, 0.25) is 0 Å². The number of hydrogen-bond acceptors (Lipinski definition) is 5. The fraction of sp³-hybridized carbons (Fsp3) is 0.818. The number of amides is 1. The first-order chi connectivity index (χ1) is 8.42. The van der Waals surface area contributed by atoms with Crippen molar-refractivity contribution in [2.45, 2.75) is 30.6 Å². The van der Waals surface area contributed by atoms with E-state index in [2.05, 4.69) is 10.6 Å². The van der Waals surface area contributed by atoms with Crippen LogP contribution in [-0.2, 0) is 9.59 Å². The Morgan fingerprint density at radius 2 is 2.06 bits per heavy atom. The molecule has 0 aliphatic carbocycles. The molecule has 0 saturated carbocycles. The SMILES string of the molecule is CC(O)(CNC(=O)CSC1CCNCC1)C(=O)O. The lowest BCUT2D eigenvalue weighted by Gasteiger charge is -2.22. The zero-order valence-electron chi connectivity index (χ0n) is 10.4. The molecule has 1 unspecified atom stereocenters. The molecule has 1 amide bonds. The lowest BCUT2D eigenvalue weighted by atomic mass is 10.1. The van der Waals surface area contributed by atoms with Gasteiger partial charge >= 0.3 is 5.97 Å². The van der Waals surface area contributed by atoms with Crippen molar-refractivity contribution >= 4 is 23.6 Å². The van der Waals surface area contributed by atoms with Crippen LogP contribution in [0.15, 0.2) is 0 Å². The molecule has 0 aromatic heterocycles. The second-order valence-corrected chi connectivity index (χ2v) is 5.90. The standard InChI is InChI=1S/C11H20N2O4S/c1-11(17,10(15)16)7-13-9(14)6-18-8-2-4-12-5-3-8/h8,12,17H,2-7H2,1H3,(H,13,14)(H,15,16). The fourth-order valence-electron chi connectivity index (χ4n) is 1.55. The van der Waals surface area contributed by atoms with E-state index < -0.39 is 11.6 Å². The molecule has 0 aromatic rings. The summed E-state index contributed by atoms with van der Waals surface area (Å²) in [7, 11) is 0. The van der Waals surface area contributed by atoms with E-state index >= 15 is 0 Å². The Labute approximate surface area is 111 Å². The van der Waals surface area contributed by atoms with E-state index in [1.807, 2.05) is 0 Å². The predicted octanol–water partition coefficient (Wildman–Crippen LogP) is -0.577. The van der Waals surface area contributed by atoms with E-state index in [-0.39, 0.29) is 12.5 Å². The lowest BCUT2D eigenvalue weighted by Crippen LogP contribution is -2.47. The van der Waals surface area contributed by atoms with Gasteiger partial charge in [0, 0.05) is 5.25 Å². The van der Waals surface area contributed by atoms with E-state index in [4.69, 9.17) is 5.11 Å². The van der Waals surface area contributed by atoms with Crippen LogP contribution in [0.1, 0.15) is 19.8 Å². The summed E-state index contributed by atoms with van der Waals surface area (Å²) in [5.74, 6) is -1.27. The molecule has 0 bridgehead atoms. The normalized spacial score (nSPS) is 20.1. The smallest absolute Gasteiger partial charge is 0.337 e. The van der Waals surface area contributed by atoms with Crippen molar-refractivity contribution in [3.8, 4) is 0 Å². The highest BCUT2D eigenvalue weighted by Gasteiger charge is 2.30. The lowest BCUT2D eigenvalue weighted by molar-refractivity contribution is -0.156. The topological polar surface area (TPSA) is 98.7 Å². The number of carbonyl (C=O) groups is 2. The summed E-state index contributed by atoms with van der Waals surface area (Å²) < 4.78 is 0. The largest absolute Gasteiger partial charge is 0.479 e. The number of carbonyl (C=O) groups excluding carboxylic acids is 1. The number of piperidine rings is 1. The molecular weight excluding hydrogens is 256 g/mol. The molecule has 1 aliphatic rings. The van der Waals surface area contributed by atoms with Crippen molar-refractivity contribution in [1.82, 2.24) is 10.6 Å². The third kappa shape index (κ3) is 5.24. The van der Waals surface area contributed by atoms with Crippen LogP contribution in [-0.4, -0.2) is 58.3 Å². The van der Waals surface area contributed by atoms with Crippen LogP contribution in [0, 0.1) is 0 Å². The molecule has 1 saturated heterocycles. The highest BCUT2D eigenvalue weighted by Crippen LogP contribution is 2.19. The summed E-state index contributed by atoms with van der Waals surface area (Å²) in [4.78, 5) is 22.1. The van der Waals surface area contributed by atoms with E-state index in [9.17, 15) is 14.7 Å². The molecule has 1 aliphatic heterocycles. The van der Waals surface area contributed by atoms with E-state index in [1.54, 1.807) is 11.8 Å². The predicted molar refractivity (Wildman–Crippen MR) is 69.6 cm³/mol. The van der Waals surface area contributed by atoms with Crippen LogP contribution >= 0.6 is 11.8 Å². The average Bonchev–Trinajstić information content (AvgIpc) is 2.35. The Morgan fingerprint density at radius 3 is 2.61 bits per heavy atom. The molecular formula is C11H20N2O4S. The van der Waals surface area contributed by atoms with Crippen molar-refractivity contribution < 1.29 is 19.8 Å². The quantitative estimate of drug-likeness (QED) is 0.518. The molecule has 1 fully saturated rings. The van der Waals surface area contributed by atoms with Crippen molar-refractivity contribution in [2.24, 2.45) is 0 Å². The Hall–Kier alpha value is -0.790. The van der Waals surface area contributed by atoms with Crippen LogP contribution in [0.4, 0.5) is 0 Å². The zero-order chi connectivity index (χ0) is 13.6. The summed E-state index contributed by atoms with van der Waals surface area (Å²) in [6.07, 6.45) is 2.09. The molecule has 18 heavy (non-hydrogen) atoms. The van der Waals surface area contributed by atoms with Crippen molar-refractivity contribution in [2.75, 3.05) is 25.4 Å². The first-order valence-electron chi connectivity index (χ1n) is 5.96. The van der Waals surface area contributed by atoms with E-state index in [0.29, 0.717) is 11.0 Å². The Kier molecular flexibility index (Phi) is 5.90. The highest BCUT2D eigenvalue weighted by molar-refractivity contribution is 8.00. The maximum Gasteiger partial charge on any atom is 0.337 e. The van der Waals surface area contributed by atoms with E-state index in [1.165, 1.54) is 0 Å². The monoisotopic (exact) mass is 276 g/mol. The third-order valence-electron chi connectivity index (χ3n) is 2.83. The molecule has 0 radical (unpaired) electrons. The number of rotatable bonds is 6. The maximum absolute atomic E-state index is 11.5. The van der Waals surface area contributed by atoms with Crippen molar-refractivity contribution in [1.29, 1.82) is 0 Å². The molecule has 1 heterocycles. The molecule has 0 aromatic carbocycles. The van der Waals surface area contributed by atoms with Gasteiger partial charge in [-0.15, -0.1) is 11.8 Å². The van der Waals surface area contributed by atoms with Crippen molar-refractivity contribution in [3.63, 3.8) is 0 Å². The summed E-state index contributed by atoms with van der Waals surface area (Å²) in [6.45, 7) is 2.85. The first kappa shape index (κ1) is 15.3. The highest BCUT2D eigenvalue weighted by atomic mass is 32.2. The van der Waals surface area contributed by atoms with Gasteiger partial charge in [-0.05, 0) is 32.9 Å². The van der Waals surface area contributed by atoms with Crippen LogP contribution < -0.4 is 10.6 Å². The summed E-state index contributed by atoms with van der Waals surface area (Å²) in [6, 6.07) is 0. The summed E-state index contributed by atoms with van der Waals surface area (Å²) in [5.41, 5.74) is -1.91. The number of carboxylic acid groups (broad SMARTS) is 1. The van der Waals surface area contributed by atoms with Crippen LogP contribution in [0.3, 0.4) is 0 Å². The van der Waals surface area contributed by atoms with Crippen molar-refractivity contribution in [3.05, 3.63) is 0 Å². The third-order valence-corrected chi connectivity index (χ3v) is 4.20. The number of carboxylic acids is 1. The van der Waals surface area contributed by atoms with Gasteiger partial charge in [0.1, 0.15) is 0 Å². The van der Waals surface area contributed by atoms with Gasteiger partial charge < -0.3 is 20.8 Å². The van der Waals surface area contributed by atoms with Gasteiger partial charge in [0.2, 0.25) is 5.91 Å². The Morgan fingerprint density at radius 1 is 1.44 bits per heavy atom. The number of aliphatic carboxylic acids is 1. The number of thioether (sulfide) groups is 1. The molecule has 1 atom stereocenters. The van der Waals surface area contributed by atoms with Gasteiger partial charge in [-0.25, -0.2) is 4.79 Å². The van der Waals surface area contributed by atoms with Gasteiger partial charge in [-0.2, -0.15) is 0 Å². The van der Waals surface area contributed by atoms with Crippen LogP contribution in [0.25, 0.3) is 0 Å². The van der Waals surface area contributed by atoms with Gasteiger partial charge in [0.05, 0.1) is 12.3 Å².